The third-order valence-electron chi connectivity index (χ3n) is 3.75. The lowest BCUT2D eigenvalue weighted by Crippen LogP contribution is -2.34. The van der Waals surface area contributed by atoms with Gasteiger partial charge in [0.15, 0.2) is 0 Å². The predicted octanol–water partition coefficient (Wildman–Crippen LogP) is 1.57. The van der Waals surface area contributed by atoms with E-state index in [0.717, 1.165) is 4.68 Å². The maximum absolute atomic E-state index is 13.5. The van der Waals surface area contributed by atoms with Crippen molar-refractivity contribution >= 4 is 23.3 Å². The molecule has 2 aromatic heterocycles. The summed E-state index contributed by atoms with van der Waals surface area (Å²) < 4.78 is 20.7. The number of aromatic nitrogens is 4. The molecule has 26 heavy (non-hydrogen) atoms. The summed E-state index contributed by atoms with van der Waals surface area (Å²) in [6.45, 7) is 1.39. The summed E-state index contributed by atoms with van der Waals surface area (Å²) in [5, 5.41) is 6.69. The zero-order chi connectivity index (χ0) is 18.8. The van der Waals surface area contributed by atoms with Gasteiger partial charge in [-0.15, -0.1) is 5.10 Å². The summed E-state index contributed by atoms with van der Waals surface area (Å²) in [7, 11) is 1.45. The summed E-state index contributed by atoms with van der Waals surface area (Å²) >= 11 is 5.65. The van der Waals surface area contributed by atoms with Gasteiger partial charge >= 0.3 is 5.69 Å². The molecule has 0 aliphatic rings. The number of methoxy groups -OCH3 is 1. The number of fused-ring (bicyclic) bond motifs is 1. The Balaban J connectivity index is 1.75. The molecule has 8 nitrogen and oxygen atoms in total. The molecule has 0 spiro atoms. The number of halogens is 2. The van der Waals surface area contributed by atoms with E-state index in [1.54, 1.807) is 13.0 Å². The number of nitrogens with one attached hydrogen (secondary N) is 1. The topological polar surface area (TPSA) is 90.5 Å². The number of hydrogen-bond acceptors (Lipinski definition) is 5. The highest BCUT2D eigenvalue weighted by Gasteiger charge is 2.15. The van der Waals surface area contributed by atoms with Crippen molar-refractivity contribution in [1.82, 2.24) is 24.5 Å². The molecule has 1 aromatic carbocycles. The van der Waals surface area contributed by atoms with Crippen LogP contribution in [0.1, 0.15) is 18.5 Å². The molecule has 0 unspecified atom stereocenters. The highest BCUT2D eigenvalue weighted by molar-refractivity contribution is 6.30. The van der Waals surface area contributed by atoms with Crippen LogP contribution in [-0.2, 0) is 11.3 Å². The summed E-state index contributed by atoms with van der Waals surface area (Å²) in [5.41, 5.74) is 0.0458. The van der Waals surface area contributed by atoms with Gasteiger partial charge in [0.05, 0.1) is 18.2 Å². The summed E-state index contributed by atoms with van der Waals surface area (Å²) in [5.74, 6) is -0.598. The standard InChI is InChI=1S/C16H15ClFN5O3/c1-9(10-3-4-11(17)12(18)7-10)19-13(24)8-23-16(25)22-6-5-14(26-2)20-15(22)21-23/h3-7,9H,8H2,1-2H3,(H,19,24)/t9-/m0/s1. The average molecular weight is 380 g/mol. The van der Waals surface area contributed by atoms with Crippen LogP contribution >= 0.6 is 11.6 Å². The third-order valence-corrected chi connectivity index (χ3v) is 4.06. The molecule has 0 aliphatic heterocycles. The highest BCUT2D eigenvalue weighted by Crippen LogP contribution is 2.20. The second-order valence-electron chi connectivity index (χ2n) is 5.54. The molecule has 0 fully saturated rings. The van der Waals surface area contributed by atoms with E-state index < -0.39 is 23.5 Å². The van der Waals surface area contributed by atoms with Gasteiger partial charge in [-0.3, -0.25) is 4.79 Å². The summed E-state index contributed by atoms with van der Waals surface area (Å²) in [6, 6.07) is 5.32. The predicted molar refractivity (Wildman–Crippen MR) is 91.8 cm³/mol. The third kappa shape index (κ3) is 3.52. The summed E-state index contributed by atoms with van der Waals surface area (Å²) in [4.78, 5) is 28.5. The second kappa shape index (κ2) is 7.12. The fourth-order valence-electron chi connectivity index (χ4n) is 2.39. The fraction of sp³-hybridized carbons (Fsp3) is 0.250. The van der Waals surface area contributed by atoms with Crippen molar-refractivity contribution in [2.24, 2.45) is 0 Å². The minimum Gasteiger partial charge on any atom is -0.481 e. The molecule has 2 heterocycles. The number of benzene rings is 1. The van der Waals surface area contributed by atoms with Crippen molar-refractivity contribution in [3.05, 3.63) is 57.3 Å². The van der Waals surface area contributed by atoms with Crippen LogP contribution in [0.4, 0.5) is 4.39 Å². The molecule has 3 rings (SSSR count). The lowest BCUT2D eigenvalue weighted by molar-refractivity contribution is -0.122. The number of carbonyl (C=O) groups excluding carboxylic acids is 1. The van der Waals surface area contributed by atoms with Crippen LogP contribution in [0.5, 0.6) is 5.88 Å². The maximum Gasteiger partial charge on any atom is 0.352 e. The molecule has 0 saturated heterocycles. The first kappa shape index (κ1) is 17.9. The Morgan fingerprint density at radius 1 is 1.42 bits per heavy atom. The Hall–Kier alpha value is -2.94. The number of carbonyl (C=O) groups is 1. The van der Waals surface area contributed by atoms with Crippen molar-refractivity contribution in [1.29, 1.82) is 0 Å². The number of amides is 1. The van der Waals surface area contributed by atoms with E-state index >= 15 is 0 Å². The quantitative estimate of drug-likeness (QED) is 0.726. The van der Waals surface area contributed by atoms with E-state index in [-0.39, 0.29) is 17.3 Å². The lowest BCUT2D eigenvalue weighted by atomic mass is 10.1. The molecule has 3 aromatic rings. The normalized spacial score (nSPS) is 12.2. The average Bonchev–Trinajstić information content (AvgIpc) is 2.92. The molecule has 1 N–H and O–H groups in total. The highest BCUT2D eigenvalue weighted by atomic mass is 35.5. The van der Waals surface area contributed by atoms with Gasteiger partial charge in [0.1, 0.15) is 12.4 Å². The van der Waals surface area contributed by atoms with Crippen LogP contribution in [0.2, 0.25) is 5.02 Å². The minimum absolute atomic E-state index is 0.00598. The van der Waals surface area contributed by atoms with E-state index in [2.05, 4.69) is 15.4 Å². The smallest absolute Gasteiger partial charge is 0.352 e. The number of hydrogen-bond donors (Lipinski definition) is 1. The van der Waals surface area contributed by atoms with Gasteiger partial charge in [0, 0.05) is 12.3 Å². The molecule has 0 bridgehead atoms. The second-order valence-corrected chi connectivity index (χ2v) is 5.95. The first-order valence-electron chi connectivity index (χ1n) is 7.63. The molecular weight excluding hydrogens is 365 g/mol. The van der Waals surface area contributed by atoms with E-state index in [4.69, 9.17) is 16.3 Å². The van der Waals surface area contributed by atoms with Crippen molar-refractivity contribution in [2.45, 2.75) is 19.5 Å². The van der Waals surface area contributed by atoms with Crippen LogP contribution in [0.3, 0.4) is 0 Å². The van der Waals surface area contributed by atoms with E-state index in [0.29, 0.717) is 11.4 Å². The van der Waals surface area contributed by atoms with Crippen LogP contribution < -0.4 is 15.7 Å². The van der Waals surface area contributed by atoms with Crippen LogP contribution in [-0.4, -0.2) is 32.2 Å². The van der Waals surface area contributed by atoms with E-state index in [1.165, 1.54) is 35.9 Å². The molecule has 10 heteroatoms. The van der Waals surface area contributed by atoms with E-state index in [9.17, 15) is 14.0 Å². The fourth-order valence-corrected chi connectivity index (χ4v) is 2.51. The number of rotatable bonds is 5. The summed E-state index contributed by atoms with van der Waals surface area (Å²) in [6.07, 6.45) is 1.46. The Bertz CT molecular complexity index is 1030. The van der Waals surface area contributed by atoms with Crippen molar-refractivity contribution in [3.8, 4) is 5.88 Å². The van der Waals surface area contributed by atoms with Crippen LogP contribution in [0.25, 0.3) is 5.78 Å². The number of nitrogens with zero attached hydrogens (tertiary/aromatic N) is 4. The molecule has 0 saturated carbocycles. The van der Waals surface area contributed by atoms with Crippen molar-refractivity contribution in [3.63, 3.8) is 0 Å². The molecular formula is C16H15ClFN5O3. The van der Waals surface area contributed by atoms with Gasteiger partial charge in [-0.1, -0.05) is 17.7 Å². The largest absolute Gasteiger partial charge is 0.481 e. The van der Waals surface area contributed by atoms with Gasteiger partial charge in [0.25, 0.3) is 5.78 Å². The first-order chi connectivity index (χ1) is 12.4. The molecule has 1 atom stereocenters. The van der Waals surface area contributed by atoms with Crippen molar-refractivity contribution < 1.29 is 13.9 Å². The lowest BCUT2D eigenvalue weighted by Gasteiger charge is -2.14. The van der Waals surface area contributed by atoms with E-state index in [1.807, 2.05) is 0 Å². The molecule has 0 aliphatic carbocycles. The van der Waals surface area contributed by atoms with Crippen LogP contribution in [0, 0.1) is 5.82 Å². The van der Waals surface area contributed by atoms with Gasteiger partial charge in [-0.25, -0.2) is 18.3 Å². The van der Waals surface area contributed by atoms with Gasteiger partial charge in [-0.05, 0) is 24.6 Å². The SMILES string of the molecule is COc1ccn2c(=O)n(CC(=O)N[C@@H](C)c3ccc(Cl)c(F)c3)nc2n1. The number of ether oxygens (including phenoxy) is 1. The van der Waals surface area contributed by atoms with Crippen LogP contribution in [0.15, 0.2) is 35.3 Å². The Morgan fingerprint density at radius 2 is 2.19 bits per heavy atom. The zero-order valence-electron chi connectivity index (χ0n) is 13.9. The molecule has 1 amide bonds. The maximum atomic E-state index is 13.5. The van der Waals surface area contributed by atoms with Gasteiger partial charge < -0.3 is 10.1 Å². The monoisotopic (exact) mass is 379 g/mol. The van der Waals surface area contributed by atoms with Crippen molar-refractivity contribution in [2.75, 3.05) is 7.11 Å². The Morgan fingerprint density at radius 3 is 2.88 bits per heavy atom. The molecule has 0 radical (unpaired) electrons. The Kier molecular flexibility index (Phi) is 4.90. The first-order valence-corrected chi connectivity index (χ1v) is 8.01. The zero-order valence-corrected chi connectivity index (χ0v) is 14.7. The van der Waals surface area contributed by atoms with Gasteiger partial charge in [-0.2, -0.15) is 4.98 Å². The Labute approximate surface area is 152 Å². The molecule has 136 valence electrons. The minimum atomic E-state index is -0.568. The van der Waals surface area contributed by atoms with Gasteiger partial charge in [0.2, 0.25) is 11.8 Å².